The van der Waals surface area contributed by atoms with E-state index in [2.05, 4.69) is 10.6 Å². The first-order valence-electron chi connectivity index (χ1n) is 7.49. The summed E-state index contributed by atoms with van der Waals surface area (Å²) in [5, 5.41) is 5.52. The van der Waals surface area contributed by atoms with Crippen molar-refractivity contribution in [2.45, 2.75) is 19.9 Å². The first kappa shape index (κ1) is 16.5. The Balaban J connectivity index is 1.96. The molecule has 1 atom stereocenters. The maximum absolute atomic E-state index is 12.2. The van der Waals surface area contributed by atoms with Crippen molar-refractivity contribution in [1.82, 2.24) is 5.32 Å². The first-order chi connectivity index (χ1) is 11.1. The third kappa shape index (κ3) is 4.85. The van der Waals surface area contributed by atoms with Gasteiger partial charge in [-0.05, 0) is 43.7 Å². The Morgan fingerprint density at radius 2 is 1.70 bits per heavy atom. The van der Waals surface area contributed by atoms with Crippen molar-refractivity contribution in [3.63, 3.8) is 0 Å². The molecule has 5 nitrogen and oxygen atoms in total. The molecule has 0 aliphatic carbocycles. The molecule has 23 heavy (non-hydrogen) atoms. The Hall–Kier alpha value is -2.82. The number of anilines is 1. The van der Waals surface area contributed by atoms with E-state index < -0.39 is 6.09 Å². The van der Waals surface area contributed by atoms with E-state index in [1.54, 1.807) is 31.2 Å². The molecule has 120 valence electrons. The largest absolute Gasteiger partial charge is 0.450 e. The van der Waals surface area contributed by atoms with Gasteiger partial charge in [0.15, 0.2) is 0 Å². The van der Waals surface area contributed by atoms with Crippen molar-refractivity contribution < 1.29 is 14.3 Å². The van der Waals surface area contributed by atoms with Crippen LogP contribution in [0.15, 0.2) is 54.6 Å². The predicted octanol–water partition coefficient (Wildman–Crippen LogP) is 3.75. The number of rotatable bonds is 5. The van der Waals surface area contributed by atoms with Crippen LogP contribution < -0.4 is 10.6 Å². The Bertz CT molecular complexity index is 654. The standard InChI is InChI=1S/C18H20N2O3/c1-3-23-18(22)20-16-11-9-15(10-12-16)17(21)19-13(2)14-7-5-4-6-8-14/h4-13H,3H2,1-2H3,(H,19,21)(H,20,22)/t13-/m1/s1. The second kappa shape index (κ2) is 7.98. The molecule has 5 heteroatoms. The van der Waals surface area contributed by atoms with Crippen molar-refractivity contribution >= 4 is 17.7 Å². The van der Waals surface area contributed by atoms with E-state index in [9.17, 15) is 9.59 Å². The molecular formula is C18H20N2O3. The molecule has 0 unspecified atom stereocenters. The van der Waals surface area contributed by atoms with Gasteiger partial charge < -0.3 is 10.1 Å². The lowest BCUT2D eigenvalue weighted by atomic mass is 10.1. The minimum atomic E-state index is -0.512. The minimum absolute atomic E-state index is 0.0824. The van der Waals surface area contributed by atoms with Gasteiger partial charge in [0.25, 0.3) is 5.91 Å². The number of benzene rings is 2. The Labute approximate surface area is 135 Å². The molecule has 0 aliphatic rings. The molecule has 0 spiro atoms. The fourth-order valence-electron chi connectivity index (χ4n) is 2.09. The van der Waals surface area contributed by atoms with E-state index in [1.807, 2.05) is 37.3 Å². The topological polar surface area (TPSA) is 67.4 Å². The molecule has 2 N–H and O–H groups in total. The Kier molecular flexibility index (Phi) is 5.74. The molecule has 2 rings (SSSR count). The number of carbonyl (C=O) groups is 2. The van der Waals surface area contributed by atoms with E-state index in [0.717, 1.165) is 5.56 Å². The number of hydrogen-bond donors (Lipinski definition) is 2. The fraction of sp³-hybridized carbons (Fsp3) is 0.222. The van der Waals surface area contributed by atoms with Crippen LogP contribution in [0.5, 0.6) is 0 Å². The minimum Gasteiger partial charge on any atom is -0.450 e. The van der Waals surface area contributed by atoms with Crippen LogP contribution in [-0.2, 0) is 4.74 Å². The van der Waals surface area contributed by atoms with Gasteiger partial charge in [0, 0.05) is 11.3 Å². The zero-order valence-electron chi connectivity index (χ0n) is 13.2. The van der Waals surface area contributed by atoms with Gasteiger partial charge >= 0.3 is 6.09 Å². The van der Waals surface area contributed by atoms with Crippen LogP contribution in [0.1, 0.15) is 35.8 Å². The Morgan fingerprint density at radius 3 is 2.30 bits per heavy atom. The monoisotopic (exact) mass is 312 g/mol. The molecular weight excluding hydrogens is 292 g/mol. The van der Waals surface area contributed by atoms with Crippen molar-refractivity contribution in [3.05, 3.63) is 65.7 Å². The molecule has 2 amide bonds. The van der Waals surface area contributed by atoms with Crippen molar-refractivity contribution in [2.24, 2.45) is 0 Å². The van der Waals surface area contributed by atoms with E-state index in [-0.39, 0.29) is 11.9 Å². The molecule has 0 aliphatic heterocycles. The molecule has 0 radical (unpaired) electrons. The zero-order valence-corrected chi connectivity index (χ0v) is 13.2. The van der Waals surface area contributed by atoms with E-state index in [1.165, 1.54) is 0 Å². The fourth-order valence-corrected chi connectivity index (χ4v) is 2.09. The van der Waals surface area contributed by atoms with Crippen molar-refractivity contribution in [3.8, 4) is 0 Å². The van der Waals surface area contributed by atoms with Gasteiger partial charge in [0.2, 0.25) is 0 Å². The van der Waals surface area contributed by atoms with Gasteiger partial charge in [0.1, 0.15) is 0 Å². The number of carbonyl (C=O) groups excluding carboxylic acids is 2. The molecule has 2 aromatic carbocycles. The number of ether oxygens (including phenoxy) is 1. The summed E-state index contributed by atoms with van der Waals surface area (Å²) in [7, 11) is 0. The first-order valence-corrected chi connectivity index (χ1v) is 7.49. The lowest BCUT2D eigenvalue weighted by Gasteiger charge is -2.14. The summed E-state index contributed by atoms with van der Waals surface area (Å²) < 4.78 is 4.80. The second-order valence-electron chi connectivity index (χ2n) is 5.03. The third-order valence-corrected chi connectivity index (χ3v) is 3.32. The summed E-state index contributed by atoms with van der Waals surface area (Å²) in [6.07, 6.45) is -0.512. The number of amides is 2. The lowest BCUT2D eigenvalue weighted by molar-refractivity contribution is 0.0940. The van der Waals surface area contributed by atoms with Gasteiger partial charge in [-0.2, -0.15) is 0 Å². The highest BCUT2D eigenvalue weighted by atomic mass is 16.5. The van der Waals surface area contributed by atoms with Gasteiger partial charge in [-0.1, -0.05) is 30.3 Å². The molecule has 0 aromatic heterocycles. The van der Waals surface area contributed by atoms with Crippen LogP contribution >= 0.6 is 0 Å². The molecule has 0 saturated heterocycles. The summed E-state index contributed by atoms with van der Waals surface area (Å²) >= 11 is 0. The van der Waals surface area contributed by atoms with Crippen LogP contribution in [-0.4, -0.2) is 18.6 Å². The average Bonchev–Trinajstić information content (AvgIpc) is 2.56. The Morgan fingerprint density at radius 1 is 1.04 bits per heavy atom. The maximum atomic E-state index is 12.2. The second-order valence-corrected chi connectivity index (χ2v) is 5.03. The molecule has 0 fully saturated rings. The van der Waals surface area contributed by atoms with Gasteiger partial charge in [-0.3, -0.25) is 10.1 Å². The van der Waals surface area contributed by atoms with Crippen LogP contribution in [0.25, 0.3) is 0 Å². The van der Waals surface area contributed by atoms with E-state index in [4.69, 9.17) is 4.74 Å². The third-order valence-electron chi connectivity index (χ3n) is 3.32. The molecule has 0 heterocycles. The zero-order chi connectivity index (χ0) is 16.7. The lowest BCUT2D eigenvalue weighted by Crippen LogP contribution is -2.26. The summed E-state index contributed by atoms with van der Waals surface area (Å²) in [4.78, 5) is 23.6. The SMILES string of the molecule is CCOC(=O)Nc1ccc(C(=O)N[C@H](C)c2ccccc2)cc1. The highest BCUT2D eigenvalue weighted by Crippen LogP contribution is 2.14. The van der Waals surface area contributed by atoms with Crippen molar-refractivity contribution in [2.75, 3.05) is 11.9 Å². The molecule has 2 aromatic rings. The summed E-state index contributed by atoms with van der Waals surface area (Å²) in [6.45, 7) is 3.98. The average molecular weight is 312 g/mol. The van der Waals surface area contributed by atoms with Gasteiger partial charge in [-0.25, -0.2) is 4.79 Å². The van der Waals surface area contributed by atoms with Gasteiger partial charge in [-0.15, -0.1) is 0 Å². The smallest absolute Gasteiger partial charge is 0.411 e. The quantitative estimate of drug-likeness (QED) is 0.883. The van der Waals surface area contributed by atoms with Crippen LogP contribution in [0.3, 0.4) is 0 Å². The molecule has 0 saturated carbocycles. The van der Waals surface area contributed by atoms with Crippen LogP contribution in [0, 0.1) is 0 Å². The van der Waals surface area contributed by atoms with Crippen molar-refractivity contribution in [1.29, 1.82) is 0 Å². The highest BCUT2D eigenvalue weighted by molar-refractivity contribution is 5.95. The van der Waals surface area contributed by atoms with Crippen LogP contribution in [0.2, 0.25) is 0 Å². The van der Waals surface area contributed by atoms with E-state index in [0.29, 0.717) is 17.9 Å². The van der Waals surface area contributed by atoms with E-state index >= 15 is 0 Å². The maximum Gasteiger partial charge on any atom is 0.411 e. The summed E-state index contributed by atoms with van der Waals surface area (Å²) in [5.74, 6) is -0.163. The molecule has 0 bridgehead atoms. The van der Waals surface area contributed by atoms with Gasteiger partial charge in [0.05, 0.1) is 12.6 Å². The predicted molar refractivity (Wildman–Crippen MR) is 89.4 cm³/mol. The van der Waals surface area contributed by atoms with Crippen LogP contribution in [0.4, 0.5) is 10.5 Å². The number of hydrogen-bond acceptors (Lipinski definition) is 3. The summed E-state index contributed by atoms with van der Waals surface area (Å²) in [6, 6.07) is 16.3. The summed E-state index contributed by atoms with van der Waals surface area (Å²) in [5.41, 5.74) is 2.15. The number of nitrogens with one attached hydrogen (secondary N) is 2. The highest BCUT2D eigenvalue weighted by Gasteiger charge is 2.11. The normalized spacial score (nSPS) is 11.4.